The van der Waals surface area contributed by atoms with E-state index in [0.29, 0.717) is 12.5 Å². The minimum absolute atomic E-state index is 0.295. The molecule has 1 unspecified atom stereocenters. The van der Waals surface area contributed by atoms with Crippen LogP contribution in [-0.4, -0.2) is 37.8 Å². The SMILES string of the molecule is CNC(CNc1ccc(C(C)C)cc1OC)C(=O)O. The first kappa shape index (κ1) is 15.3. The van der Waals surface area contributed by atoms with Crippen molar-refractivity contribution in [3.05, 3.63) is 23.8 Å². The van der Waals surface area contributed by atoms with Crippen LogP contribution in [0.15, 0.2) is 18.2 Å². The first-order chi connectivity index (χ1) is 8.99. The molecule has 106 valence electrons. The second-order valence-electron chi connectivity index (χ2n) is 4.67. The van der Waals surface area contributed by atoms with Gasteiger partial charge in [0.2, 0.25) is 0 Å². The molecular formula is C14H22N2O3. The van der Waals surface area contributed by atoms with Crippen LogP contribution in [-0.2, 0) is 4.79 Å². The van der Waals surface area contributed by atoms with Crippen LogP contribution < -0.4 is 15.4 Å². The number of methoxy groups -OCH3 is 1. The van der Waals surface area contributed by atoms with Gasteiger partial charge in [-0.2, -0.15) is 0 Å². The maximum absolute atomic E-state index is 10.9. The molecule has 0 aromatic heterocycles. The van der Waals surface area contributed by atoms with Crippen LogP contribution in [0.25, 0.3) is 0 Å². The lowest BCUT2D eigenvalue weighted by Crippen LogP contribution is -2.39. The standard InChI is InChI=1S/C14H22N2O3/c1-9(2)10-5-6-11(13(7-10)19-4)16-8-12(15-3)14(17)18/h5-7,9,12,15-16H,8H2,1-4H3,(H,17,18). The molecule has 0 saturated heterocycles. The van der Waals surface area contributed by atoms with Crippen molar-refractivity contribution in [3.8, 4) is 5.75 Å². The fourth-order valence-electron chi connectivity index (χ4n) is 1.74. The number of aliphatic carboxylic acids is 1. The van der Waals surface area contributed by atoms with Crippen molar-refractivity contribution in [1.82, 2.24) is 5.32 Å². The van der Waals surface area contributed by atoms with Crippen LogP contribution in [0.5, 0.6) is 5.75 Å². The molecule has 0 heterocycles. The highest BCUT2D eigenvalue weighted by Crippen LogP contribution is 2.28. The molecule has 19 heavy (non-hydrogen) atoms. The van der Waals surface area contributed by atoms with Gasteiger partial charge >= 0.3 is 5.97 Å². The van der Waals surface area contributed by atoms with Crippen LogP contribution >= 0.6 is 0 Å². The number of carboxylic acids is 1. The topological polar surface area (TPSA) is 70.6 Å². The Morgan fingerprint density at radius 1 is 1.42 bits per heavy atom. The van der Waals surface area contributed by atoms with Crippen molar-refractivity contribution in [3.63, 3.8) is 0 Å². The Morgan fingerprint density at radius 3 is 2.58 bits per heavy atom. The van der Waals surface area contributed by atoms with Gasteiger partial charge in [-0.15, -0.1) is 0 Å². The van der Waals surface area contributed by atoms with E-state index in [4.69, 9.17) is 9.84 Å². The Kier molecular flexibility index (Phi) is 5.63. The van der Waals surface area contributed by atoms with E-state index in [1.54, 1.807) is 14.2 Å². The first-order valence-corrected chi connectivity index (χ1v) is 6.31. The Morgan fingerprint density at radius 2 is 2.11 bits per heavy atom. The highest BCUT2D eigenvalue weighted by molar-refractivity contribution is 5.74. The van der Waals surface area contributed by atoms with Gasteiger partial charge in [0.1, 0.15) is 11.8 Å². The number of nitrogens with one attached hydrogen (secondary N) is 2. The number of hydrogen-bond acceptors (Lipinski definition) is 4. The highest BCUT2D eigenvalue weighted by Gasteiger charge is 2.15. The molecule has 1 aromatic carbocycles. The summed E-state index contributed by atoms with van der Waals surface area (Å²) < 4.78 is 5.33. The number of ether oxygens (including phenoxy) is 1. The summed E-state index contributed by atoms with van der Waals surface area (Å²) in [6.07, 6.45) is 0. The predicted molar refractivity (Wildman–Crippen MR) is 76.1 cm³/mol. The van der Waals surface area contributed by atoms with Crippen LogP contribution in [0.3, 0.4) is 0 Å². The largest absolute Gasteiger partial charge is 0.495 e. The zero-order valence-electron chi connectivity index (χ0n) is 11.9. The number of rotatable bonds is 7. The molecule has 0 amide bonds. The summed E-state index contributed by atoms with van der Waals surface area (Å²) in [6.45, 7) is 4.52. The lowest BCUT2D eigenvalue weighted by Gasteiger charge is -2.17. The van der Waals surface area contributed by atoms with Crippen LogP contribution in [0.4, 0.5) is 5.69 Å². The molecule has 0 aliphatic heterocycles. The van der Waals surface area contributed by atoms with Crippen LogP contribution in [0, 0.1) is 0 Å². The summed E-state index contributed by atoms with van der Waals surface area (Å²) in [5, 5.41) is 14.8. The molecule has 1 aromatic rings. The zero-order chi connectivity index (χ0) is 14.4. The Hall–Kier alpha value is -1.75. The van der Waals surface area contributed by atoms with Gasteiger partial charge in [0.25, 0.3) is 0 Å². The summed E-state index contributed by atoms with van der Waals surface area (Å²) >= 11 is 0. The van der Waals surface area contributed by atoms with Gasteiger partial charge in [-0.3, -0.25) is 4.79 Å². The lowest BCUT2D eigenvalue weighted by atomic mass is 10.0. The zero-order valence-corrected chi connectivity index (χ0v) is 11.9. The predicted octanol–water partition coefficient (Wildman–Crippen LogP) is 1.90. The smallest absolute Gasteiger partial charge is 0.322 e. The van der Waals surface area contributed by atoms with E-state index in [1.165, 1.54) is 5.56 Å². The maximum atomic E-state index is 10.9. The van der Waals surface area contributed by atoms with E-state index in [0.717, 1.165) is 11.4 Å². The quantitative estimate of drug-likeness (QED) is 0.703. The average molecular weight is 266 g/mol. The third-order valence-electron chi connectivity index (χ3n) is 3.04. The molecule has 0 fully saturated rings. The minimum atomic E-state index is -0.882. The van der Waals surface area contributed by atoms with E-state index in [1.807, 2.05) is 18.2 Å². The molecule has 0 radical (unpaired) electrons. The number of carbonyl (C=O) groups is 1. The van der Waals surface area contributed by atoms with Crippen molar-refractivity contribution in [2.24, 2.45) is 0 Å². The van der Waals surface area contributed by atoms with Crippen LogP contribution in [0.1, 0.15) is 25.3 Å². The molecule has 3 N–H and O–H groups in total. The molecular weight excluding hydrogens is 244 g/mol. The van der Waals surface area contributed by atoms with Gasteiger partial charge < -0.3 is 20.5 Å². The molecule has 0 bridgehead atoms. The Balaban J connectivity index is 2.80. The van der Waals surface area contributed by atoms with Gasteiger partial charge in [0.05, 0.1) is 12.8 Å². The minimum Gasteiger partial charge on any atom is -0.495 e. The van der Waals surface area contributed by atoms with Gasteiger partial charge in [0.15, 0.2) is 0 Å². The number of likely N-dealkylation sites (N-methyl/N-ethyl adjacent to an activating group) is 1. The fourth-order valence-corrected chi connectivity index (χ4v) is 1.74. The Bertz CT molecular complexity index is 433. The summed E-state index contributed by atoms with van der Waals surface area (Å²) in [7, 11) is 3.23. The van der Waals surface area contributed by atoms with Crippen molar-refractivity contribution in [2.75, 3.05) is 26.0 Å². The summed E-state index contributed by atoms with van der Waals surface area (Å²) in [4.78, 5) is 10.9. The molecule has 0 aliphatic carbocycles. The molecule has 1 rings (SSSR count). The normalized spacial score (nSPS) is 12.3. The van der Waals surface area contributed by atoms with Gasteiger partial charge in [-0.1, -0.05) is 19.9 Å². The summed E-state index contributed by atoms with van der Waals surface area (Å²) in [5.74, 6) is 0.270. The molecule has 5 heteroatoms. The average Bonchev–Trinajstić information content (AvgIpc) is 2.38. The third-order valence-corrected chi connectivity index (χ3v) is 3.04. The van der Waals surface area contributed by atoms with Gasteiger partial charge in [-0.25, -0.2) is 0 Å². The number of benzene rings is 1. The van der Waals surface area contributed by atoms with E-state index in [-0.39, 0.29) is 0 Å². The number of anilines is 1. The Labute approximate surface area is 114 Å². The van der Waals surface area contributed by atoms with Crippen LogP contribution in [0.2, 0.25) is 0 Å². The lowest BCUT2D eigenvalue weighted by molar-refractivity contribution is -0.138. The second-order valence-corrected chi connectivity index (χ2v) is 4.67. The van der Waals surface area contributed by atoms with E-state index >= 15 is 0 Å². The third kappa shape index (κ3) is 4.13. The molecule has 0 aliphatic rings. The second kappa shape index (κ2) is 6.99. The molecule has 1 atom stereocenters. The number of hydrogen-bond donors (Lipinski definition) is 3. The van der Waals surface area contributed by atoms with E-state index in [9.17, 15) is 4.79 Å². The van der Waals surface area contributed by atoms with Crippen molar-refractivity contribution >= 4 is 11.7 Å². The maximum Gasteiger partial charge on any atom is 0.322 e. The van der Waals surface area contributed by atoms with Gasteiger partial charge in [0, 0.05) is 6.54 Å². The van der Waals surface area contributed by atoms with Crippen molar-refractivity contribution < 1.29 is 14.6 Å². The van der Waals surface area contributed by atoms with E-state index < -0.39 is 12.0 Å². The van der Waals surface area contributed by atoms with E-state index in [2.05, 4.69) is 24.5 Å². The summed E-state index contributed by atoms with van der Waals surface area (Å²) in [6, 6.07) is 5.28. The summed E-state index contributed by atoms with van der Waals surface area (Å²) in [5.41, 5.74) is 1.99. The molecule has 5 nitrogen and oxygen atoms in total. The fraction of sp³-hybridized carbons (Fsp3) is 0.500. The number of carboxylic acid groups (broad SMARTS) is 1. The highest BCUT2D eigenvalue weighted by atomic mass is 16.5. The van der Waals surface area contributed by atoms with Crippen molar-refractivity contribution in [1.29, 1.82) is 0 Å². The van der Waals surface area contributed by atoms with Crippen molar-refractivity contribution in [2.45, 2.75) is 25.8 Å². The monoisotopic (exact) mass is 266 g/mol. The molecule has 0 spiro atoms. The molecule has 0 saturated carbocycles. The first-order valence-electron chi connectivity index (χ1n) is 6.31. The van der Waals surface area contributed by atoms with Gasteiger partial charge in [-0.05, 0) is 30.7 Å².